The number of nitrogens with one attached hydrogen (secondary N) is 1. The Kier molecular flexibility index (Phi) is 4.38. The molecule has 1 atom stereocenters. The Morgan fingerprint density at radius 3 is 3.15 bits per heavy atom. The summed E-state index contributed by atoms with van der Waals surface area (Å²) in [5, 5.41) is 3.12. The largest absolute Gasteiger partial charge is 0.373 e. The smallest absolute Gasteiger partial charge is 0.264 e. The molecule has 1 saturated heterocycles. The van der Waals surface area contributed by atoms with Crippen LogP contribution in [0.15, 0.2) is 6.07 Å². The second kappa shape index (κ2) is 6.24. The first-order valence-corrected chi connectivity index (χ1v) is 8.26. The third-order valence-electron chi connectivity index (χ3n) is 4.07. The number of likely N-dealkylation sites (N-methyl/N-ethyl adjacent to an activating group) is 1. The lowest BCUT2D eigenvalue weighted by atomic mass is 9.99. The zero-order valence-electron chi connectivity index (χ0n) is 12.0. The minimum atomic E-state index is 0.118. The van der Waals surface area contributed by atoms with Gasteiger partial charge in [-0.25, -0.2) is 0 Å². The number of ether oxygens (including phenoxy) is 1. The van der Waals surface area contributed by atoms with Gasteiger partial charge in [-0.1, -0.05) is 0 Å². The fourth-order valence-electron chi connectivity index (χ4n) is 3.01. The number of aryl methyl sites for hydroxylation is 2. The van der Waals surface area contributed by atoms with Crippen LogP contribution < -0.4 is 5.32 Å². The number of carbonyl (C=O) groups excluding carboxylic acids is 1. The van der Waals surface area contributed by atoms with Gasteiger partial charge in [0.2, 0.25) is 0 Å². The molecule has 0 saturated carbocycles. The summed E-state index contributed by atoms with van der Waals surface area (Å²) in [4.78, 5) is 16.9. The second-order valence-electron chi connectivity index (χ2n) is 5.57. The normalized spacial score (nSPS) is 22.6. The highest BCUT2D eigenvalue weighted by molar-refractivity contribution is 7.14. The first-order valence-electron chi connectivity index (χ1n) is 7.45. The molecular formula is C15H22N2O2S. The van der Waals surface area contributed by atoms with Gasteiger partial charge in [0.05, 0.1) is 17.6 Å². The summed E-state index contributed by atoms with van der Waals surface area (Å²) in [6, 6.07) is 2.13. The standard InChI is InChI=1S/C15H22N2O2S/c1-16-9-12-10-17(6-7-19-12)15(18)14-8-11-4-2-3-5-13(11)20-14/h8,12,16H,2-7,9-10H2,1H3. The SMILES string of the molecule is CNCC1CN(C(=O)c2cc3c(s2)CCCC3)CCO1. The molecular weight excluding hydrogens is 272 g/mol. The van der Waals surface area contributed by atoms with Crippen LogP contribution in [0.4, 0.5) is 0 Å². The van der Waals surface area contributed by atoms with E-state index in [1.807, 2.05) is 11.9 Å². The first kappa shape index (κ1) is 14.0. The van der Waals surface area contributed by atoms with Gasteiger partial charge in [-0.2, -0.15) is 0 Å². The van der Waals surface area contributed by atoms with Crippen molar-refractivity contribution < 1.29 is 9.53 Å². The van der Waals surface area contributed by atoms with E-state index in [0.29, 0.717) is 19.7 Å². The maximum Gasteiger partial charge on any atom is 0.264 e. The van der Waals surface area contributed by atoms with E-state index >= 15 is 0 Å². The summed E-state index contributed by atoms with van der Waals surface area (Å²) in [7, 11) is 1.91. The second-order valence-corrected chi connectivity index (χ2v) is 6.70. The van der Waals surface area contributed by atoms with Gasteiger partial charge in [-0.15, -0.1) is 11.3 Å². The third kappa shape index (κ3) is 2.90. The average molecular weight is 294 g/mol. The van der Waals surface area contributed by atoms with Crippen molar-refractivity contribution in [2.24, 2.45) is 0 Å². The molecule has 1 amide bonds. The average Bonchev–Trinajstić information content (AvgIpc) is 2.91. The van der Waals surface area contributed by atoms with Crippen molar-refractivity contribution in [2.45, 2.75) is 31.8 Å². The highest BCUT2D eigenvalue weighted by Gasteiger charge is 2.26. The summed E-state index contributed by atoms with van der Waals surface area (Å²) in [5.74, 6) is 0.189. The van der Waals surface area contributed by atoms with E-state index < -0.39 is 0 Å². The Hall–Kier alpha value is -0.910. The lowest BCUT2D eigenvalue weighted by Crippen LogP contribution is -2.48. The van der Waals surface area contributed by atoms with E-state index in [-0.39, 0.29) is 12.0 Å². The van der Waals surface area contributed by atoms with Gasteiger partial charge in [-0.3, -0.25) is 4.79 Å². The van der Waals surface area contributed by atoms with Crippen LogP contribution >= 0.6 is 11.3 Å². The van der Waals surface area contributed by atoms with E-state index in [2.05, 4.69) is 11.4 Å². The molecule has 3 rings (SSSR count). The van der Waals surface area contributed by atoms with Gasteiger partial charge in [-0.05, 0) is 44.4 Å². The fraction of sp³-hybridized carbons (Fsp3) is 0.667. The Labute approximate surface area is 124 Å². The van der Waals surface area contributed by atoms with Gasteiger partial charge in [0.15, 0.2) is 0 Å². The van der Waals surface area contributed by atoms with Gasteiger partial charge in [0.25, 0.3) is 5.91 Å². The Bertz CT molecular complexity index is 461. The molecule has 1 aromatic heterocycles. The predicted octanol–water partition coefficient (Wildman–Crippen LogP) is 1.69. The molecule has 110 valence electrons. The fourth-order valence-corrected chi connectivity index (χ4v) is 4.23. The molecule has 5 heteroatoms. The van der Waals surface area contributed by atoms with Crippen LogP contribution in [0.3, 0.4) is 0 Å². The number of hydrogen-bond acceptors (Lipinski definition) is 4. The van der Waals surface area contributed by atoms with Crippen LogP contribution in [0, 0.1) is 0 Å². The molecule has 4 nitrogen and oxygen atoms in total. The Morgan fingerprint density at radius 2 is 2.35 bits per heavy atom. The Morgan fingerprint density at radius 1 is 1.50 bits per heavy atom. The predicted molar refractivity (Wildman–Crippen MR) is 80.5 cm³/mol. The van der Waals surface area contributed by atoms with Crippen molar-refractivity contribution in [3.8, 4) is 0 Å². The maximum atomic E-state index is 12.6. The third-order valence-corrected chi connectivity index (χ3v) is 5.29. The number of nitrogens with zero attached hydrogens (tertiary/aromatic N) is 1. The van der Waals surface area contributed by atoms with Crippen molar-refractivity contribution in [2.75, 3.05) is 33.3 Å². The summed E-state index contributed by atoms with van der Waals surface area (Å²) < 4.78 is 5.66. The molecule has 0 spiro atoms. The summed E-state index contributed by atoms with van der Waals surface area (Å²) >= 11 is 1.70. The molecule has 1 aliphatic carbocycles. The van der Waals surface area contributed by atoms with Crippen LogP contribution in [0.25, 0.3) is 0 Å². The van der Waals surface area contributed by atoms with Crippen molar-refractivity contribution >= 4 is 17.2 Å². The molecule has 1 aromatic rings. The molecule has 1 aliphatic heterocycles. The first-order chi connectivity index (χ1) is 9.78. The number of carbonyl (C=O) groups is 1. The quantitative estimate of drug-likeness (QED) is 0.922. The minimum Gasteiger partial charge on any atom is -0.373 e. The Balaban J connectivity index is 1.70. The lowest BCUT2D eigenvalue weighted by Gasteiger charge is -2.32. The lowest BCUT2D eigenvalue weighted by molar-refractivity contribution is -0.0194. The van der Waals surface area contributed by atoms with E-state index in [9.17, 15) is 4.79 Å². The van der Waals surface area contributed by atoms with Crippen LogP contribution in [-0.4, -0.2) is 50.2 Å². The number of morpholine rings is 1. The van der Waals surface area contributed by atoms with Crippen molar-refractivity contribution in [1.29, 1.82) is 0 Å². The van der Waals surface area contributed by atoms with Crippen molar-refractivity contribution in [3.05, 3.63) is 21.4 Å². The zero-order chi connectivity index (χ0) is 13.9. The summed E-state index contributed by atoms with van der Waals surface area (Å²) in [6.07, 6.45) is 4.94. The molecule has 1 N–H and O–H groups in total. The molecule has 0 bridgehead atoms. The molecule has 2 heterocycles. The molecule has 0 radical (unpaired) electrons. The van der Waals surface area contributed by atoms with Crippen LogP contribution in [-0.2, 0) is 17.6 Å². The molecule has 2 aliphatic rings. The van der Waals surface area contributed by atoms with Gasteiger partial charge >= 0.3 is 0 Å². The molecule has 0 aromatic carbocycles. The number of amides is 1. The van der Waals surface area contributed by atoms with Crippen LogP contribution in [0.2, 0.25) is 0 Å². The zero-order valence-corrected chi connectivity index (χ0v) is 12.8. The van der Waals surface area contributed by atoms with Crippen molar-refractivity contribution in [3.63, 3.8) is 0 Å². The van der Waals surface area contributed by atoms with E-state index in [0.717, 1.165) is 24.3 Å². The number of thiophene rings is 1. The topological polar surface area (TPSA) is 41.6 Å². The maximum absolute atomic E-state index is 12.6. The summed E-state index contributed by atoms with van der Waals surface area (Å²) in [5.41, 5.74) is 1.41. The number of rotatable bonds is 3. The van der Waals surface area contributed by atoms with Gasteiger partial charge in [0, 0.05) is 24.5 Å². The van der Waals surface area contributed by atoms with E-state index in [1.54, 1.807) is 11.3 Å². The molecule has 20 heavy (non-hydrogen) atoms. The van der Waals surface area contributed by atoms with Gasteiger partial charge < -0.3 is 15.0 Å². The number of hydrogen-bond donors (Lipinski definition) is 1. The minimum absolute atomic E-state index is 0.118. The van der Waals surface area contributed by atoms with Crippen LogP contribution in [0.5, 0.6) is 0 Å². The van der Waals surface area contributed by atoms with E-state index in [1.165, 1.54) is 23.3 Å². The van der Waals surface area contributed by atoms with E-state index in [4.69, 9.17) is 4.74 Å². The van der Waals surface area contributed by atoms with Crippen LogP contribution in [0.1, 0.15) is 33.0 Å². The molecule has 1 fully saturated rings. The van der Waals surface area contributed by atoms with Crippen molar-refractivity contribution in [1.82, 2.24) is 10.2 Å². The summed E-state index contributed by atoms with van der Waals surface area (Å²) in [6.45, 7) is 2.84. The molecule has 1 unspecified atom stereocenters. The number of fused-ring (bicyclic) bond motifs is 1. The highest BCUT2D eigenvalue weighted by atomic mass is 32.1. The van der Waals surface area contributed by atoms with Gasteiger partial charge in [0.1, 0.15) is 0 Å². The highest BCUT2D eigenvalue weighted by Crippen LogP contribution is 2.30. The monoisotopic (exact) mass is 294 g/mol.